The number of benzene rings is 1. The zero-order valence-corrected chi connectivity index (χ0v) is 20.2. The number of alkyl halides is 2. The summed E-state index contributed by atoms with van der Waals surface area (Å²) in [6, 6.07) is 8.44. The molecule has 34 heavy (non-hydrogen) atoms. The van der Waals surface area contributed by atoms with Crippen molar-refractivity contribution in [1.82, 2.24) is 25.2 Å². The van der Waals surface area contributed by atoms with Crippen LogP contribution in [0.1, 0.15) is 54.4 Å². The van der Waals surface area contributed by atoms with Gasteiger partial charge in [-0.05, 0) is 31.5 Å². The smallest absolute Gasteiger partial charge is 0.319 e. The van der Waals surface area contributed by atoms with E-state index in [9.17, 15) is 18.4 Å². The summed E-state index contributed by atoms with van der Waals surface area (Å²) in [7, 11) is 0. The third-order valence-corrected chi connectivity index (χ3v) is 5.67. The van der Waals surface area contributed by atoms with Crippen molar-refractivity contribution in [2.45, 2.75) is 47.3 Å². The van der Waals surface area contributed by atoms with Crippen molar-refractivity contribution < 1.29 is 18.4 Å². The number of imidazole rings is 1. The van der Waals surface area contributed by atoms with Crippen molar-refractivity contribution >= 4 is 23.4 Å². The number of H-pyrrole nitrogens is 1. The number of amides is 2. The Bertz CT molecular complexity index is 1190. The fraction of sp³-hybridized carbons (Fsp3) is 0.333. The van der Waals surface area contributed by atoms with Gasteiger partial charge < -0.3 is 10.3 Å². The van der Waals surface area contributed by atoms with Gasteiger partial charge in [-0.3, -0.25) is 19.5 Å². The topological polar surface area (TPSA) is 91.0 Å². The third-order valence-electron chi connectivity index (χ3n) is 5.17. The Morgan fingerprint density at radius 3 is 2.44 bits per heavy atom. The van der Waals surface area contributed by atoms with Gasteiger partial charge in [-0.15, -0.1) is 0 Å². The minimum Gasteiger partial charge on any atom is -0.342 e. The molecule has 0 aliphatic carbocycles. The number of hydrogen-bond donors (Lipinski definition) is 2. The number of pyridine rings is 1. The summed E-state index contributed by atoms with van der Waals surface area (Å²) >= 11 is 6.46. The molecule has 180 valence electrons. The number of nitrogens with one attached hydrogen (secondary N) is 2. The summed E-state index contributed by atoms with van der Waals surface area (Å²) < 4.78 is 28.6. The highest BCUT2D eigenvalue weighted by molar-refractivity contribution is 6.34. The fourth-order valence-corrected chi connectivity index (χ4v) is 3.60. The molecule has 0 aliphatic heterocycles. The molecule has 2 N–H and O–H groups in total. The predicted molar refractivity (Wildman–Crippen MR) is 125 cm³/mol. The molecule has 3 aromatic rings. The van der Waals surface area contributed by atoms with E-state index < -0.39 is 29.9 Å². The van der Waals surface area contributed by atoms with Crippen LogP contribution in [0.25, 0.3) is 11.3 Å². The van der Waals surface area contributed by atoms with Gasteiger partial charge in [-0.1, -0.05) is 50.6 Å². The van der Waals surface area contributed by atoms with Gasteiger partial charge in [-0.25, -0.2) is 4.98 Å². The monoisotopic (exact) mass is 489 g/mol. The molecule has 2 aromatic heterocycles. The van der Waals surface area contributed by atoms with Gasteiger partial charge in [0, 0.05) is 29.1 Å². The highest BCUT2D eigenvalue weighted by Crippen LogP contribution is 2.34. The maximum absolute atomic E-state index is 14.3. The van der Waals surface area contributed by atoms with Crippen molar-refractivity contribution in [3.63, 3.8) is 0 Å². The standard InChI is InChI=1S/C24H26ClF2N5O2/c1-13-8-6-10-16(17(13)25)18-14(2)29-19(30-18)20(31-21(33)15-9-7-11-28-12-15)32(23(26)27)22(34)24(3,4)5/h6-12,20,23H,1-5H3,(H,29,30)(H,31,33). The number of aromatic amines is 1. The fourth-order valence-electron chi connectivity index (χ4n) is 3.39. The third kappa shape index (κ3) is 5.25. The van der Waals surface area contributed by atoms with Crippen LogP contribution in [0.15, 0.2) is 42.7 Å². The molecule has 1 atom stereocenters. The molecular formula is C24H26ClF2N5O2. The quantitative estimate of drug-likeness (QED) is 0.364. The van der Waals surface area contributed by atoms with E-state index in [1.807, 2.05) is 13.0 Å². The van der Waals surface area contributed by atoms with Gasteiger partial charge in [0.15, 0.2) is 12.0 Å². The second kappa shape index (κ2) is 9.89. The largest absolute Gasteiger partial charge is 0.342 e. The van der Waals surface area contributed by atoms with Crippen molar-refractivity contribution in [2.24, 2.45) is 5.41 Å². The van der Waals surface area contributed by atoms with E-state index in [1.165, 1.54) is 39.2 Å². The molecule has 1 unspecified atom stereocenters. The van der Waals surface area contributed by atoms with Gasteiger partial charge >= 0.3 is 6.55 Å². The van der Waals surface area contributed by atoms with E-state index >= 15 is 0 Å². The Hall–Kier alpha value is -3.33. The highest BCUT2D eigenvalue weighted by Gasteiger charge is 2.40. The second-order valence-electron chi connectivity index (χ2n) is 8.89. The molecule has 0 bridgehead atoms. The Labute approximate surface area is 201 Å². The summed E-state index contributed by atoms with van der Waals surface area (Å²) in [5.74, 6) is -1.57. The van der Waals surface area contributed by atoms with Crippen LogP contribution in [-0.2, 0) is 4.79 Å². The molecule has 2 heterocycles. The number of carbonyl (C=O) groups excluding carboxylic acids is 2. The molecule has 0 radical (unpaired) electrons. The van der Waals surface area contributed by atoms with E-state index in [1.54, 1.807) is 25.1 Å². The van der Waals surface area contributed by atoms with Crippen LogP contribution in [-0.4, -0.2) is 38.2 Å². The zero-order valence-electron chi connectivity index (χ0n) is 19.5. The maximum atomic E-state index is 14.3. The minimum absolute atomic E-state index is 0.0276. The first kappa shape index (κ1) is 25.3. The molecule has 0 aliphatic rings. The number of rotatable bonds is 6. The Kier molecular flexibility index (Phi) is 7.35. The lowest BCUT2D eigenvalue weighted by molar-refractivity contribution is -0.160. The van der Waals surface area contributed by atoms with Gasteiger partial charge in [0.2, 0.25) is 5.91 Å². The molecule has 1 aromatic carbocycles. The number of carbonyl (C=O) groups is 2. The molecule has 0 saturated heterocycles. The van der Waals surface area contributed by atoms with Crippen LogP contribution < -0.4 is 5.32 Å². The zero-order chi connectivity index (χ0) is 25.2. The van der Waals surface area contributed by atoms with Crippen LogP contribution >= 0.6 is 11.6 Å². The molecule has 7 nitrogen and oxygen atoms in total. The predicted octanol–water partition coefficient (Wildman–Crippen LogP) is 5.27. The first-order chi connectivity index (χ1) is 15.9. The van der Waals surface area contributed by atoms with Crippen molar-refractivity contribution in [2.75, 3.05) is 0 Å². The maximum Gasteiger partial charge on any atom is 0.319 e. The Morgan fingerprint density at radius 2 is 1.85 bits per heavy atom. The number of aryl methyl sites for hydroxylation is 2. The molecule has 3 rings (SSSR count). The minimum atomic E-state index is -3.21. The van der Waals surface area contributed by atoms with Gasteiger partial charge in [0.1, 0.15) is 0 Å². The number of halogens is 3. The van der Waals surface area contributed by atoms with Crippen LogP contribution in [0.2, 0.25) is 5.02 Å². The number of hydrogen-bond acceptors (Lipinski definition) is 4. The van der Waals surface area contributed by atoms with E-state index in [0.29, 0.717) is 26.9 Å². The van der Waals surface area contributed by atoms with Crippen LogP contribution in [0.5, 0.6) is 0 Å². The summed E-state index contributed by atoms with van der Waals surface area (Å²) in [6.45, 7) is 4.92. The van der Waals surface area contributed by atoms with Gasteiger partial charge in [-0.2, -0.15) is 8.78 Å². The Morgan fingerprint density at radius 1 is 1.15 bits per heavy atom. The average Bonchev–Trinajstić information content (AvgIpc) is 3.15. The molecule has 10 heteroatoms. The summed E-state index contributed by atoms with van der Waals surface area (Å²) in [4.78, 5) is 37.6. The van der Waals surface area contributed by atoms with E-state index in [2.05, 4.69) is 20.3 Å². The van der Waals surface area contributed by atoms with E-state index in [-0.39, 0.29) is 11.4 Å². The van der Waals surface area contributed by atoms with Crippen molar-refractivity contribution in [1.29, 1.82) is 0 Å². The number of aromatic nitrogens is 3. The average molecular weight is 490 g/mol. The van der Waals surface area contributed by atoms with Crippen molar-refractivity contribution in [3.05, 3.63) is 70.4 Å². The molecule has 0 spiro atoms. The first-order valence-corrected chi connectivity index (χ1v) is 10.9. The first-order valence-electron chi connectivity index (χ1n) is 10.6. The van der Waals surface area contributed by atoms with Crippen LogP contribution in [0.3, 0.4) is 0 Å². The second-order valence-corrected chi connectivity index (χ2v) is 9.27. The van der Waals surface area contributed by atoms with Crippen LogP contribution in [0, 0.1) is 19.3 Å². The molecule has 0 fully saturated rings. The summed E-state index contributed by atoms with van der Waals surface area (Å²) in [5, 5.41) is 2.99. The summed E-state index contributed by atoms with van der Waals surface area (Å²) in [6.07, 6.45) is 1.21. The van der Waals surface area contributed by atoms with Crippen LogP contribution in [0.4, 0.5) is 8.78 Å². The normalized spacial score (nSPS) is 12.5. The van der Waals surface area contributed by atoms with Gasteiger partial charge in [0.05, 0.1) is 16.3 Å². The van der Waals surface area contributed by atoms with E-state index in [0.717, 1.165) is 5.56 Å². The van der Waals surface area contributed by atoms with Crippen molar-refractivity contribution in [3.8, 4) is 11.3 Å². The Balaban J connectivity index is 2.12. The molecular weight excluding hydrogens is 464 g/mol. The lowest BCUT2D eigenvalue weighted by Crippen LogP contribution is -2.51. The lowest BCUT2D eigenvalue weighted by atomic mass is 9.94. The SMILES string of the molecule is Cc1cccc(-c2nc(C(NC(=O)c3cccnc3)N(C(=O)C(C)(C)C)C(F)F)[nH]c2C)c1Cl. The van der Waals surface area contributed by atoms with Gasteiger partial charge in [0.25, 0.3) is 5.91 Å². The lowest BCUT2D eigenvalue weighted by Gasteiger charge is -2.34. The number of nitrogens with zero attached hydrogens (tertiary/aromatic N) is 3. The molecule has 2 amide bonds. The molecule has 0 saturated carbocycles. The highest BCUT2D eigenvalue weighted by atomic mass is 35.5. The van der Waals surface area contributed by atoms with E-state index in [4.69, 9.17) is 11.6 Å². The summed E-state index contributed by atoms with van der Waals surface area (Å²) in [5.41, 5.74) is 1.40.